The zero-order chi connectivity index (χ0) is 14.4. The second-order valence-electron chi connectivity index (χ2n) is 5.04. The fourth-order valence-electron chi connectivity index (χ4n) is 1.74. The number of amides is 1. The van der Waals surface area contributed by atoms with Gasteiger partial charge in [-0.05, 0) is 37.1 Å². The summed E-state index contributed by atoms with van der Waals surface area (Å²) in [5, 5.41) is 6.12. The van der Waals surface area contributed by atoms with Gasteiger partial charge in [0.15, 0.2) is 0 Å². The van der Waals surface area contributed by atoms with Crippen molar-refractivity contribution in [3.8, 4) is 5.75 Å². The first kappa shape index (κ1) is 15.5. The highest BCUT2D eigenvalue weighted by Crippen LogP contribution is 2.27. The molecule has 0 radical (unpaired) electrons. The topological polar surface area (TPSA) is 50.4 Å². The Balaban J connectivity index is 2.65. The van der Waals surface area contributed by atoms with Gasteiger partial charge in [0.25, 0.3) is 0 Å². The number of aryl methyl sites for hydroxylation is 2. The van der Waals surface area contributed by atoms with Crippen LogP contribution in [0.1, 0.15) is 31.4 Å². The van der Waals surface area contributed by atoms with Crippen molar-refractivity contribution < 1.29 is 9.53 Å². The van der Waals surface area contributed by atoms with E-state index in [1.165, 1.54) is 0 Å². The van der Waals surface area contributed by atoms with E-state index in [0.29, 0.717) is 24.8 Å². The summed E-state index contributed by atoms with van der Waals surface area (Å²) >= 11 is 0. The first-order valence-electron chi connectivity index (χ1n) is 6.62. The lowest BCUT2D eigenvalue weighted by Gasteiger charge is -2.13. The van der Waals surface area contributed by atoms with Crippen molar-refractivity contribution in [3.05, 3.63) is 23.3 Å². The molecule has 0 saturated carbocycles. The molecule has 1 aromatic rings. The minimum Gasteiger partial charge on any atom is -0.495 e. The minimum absolute atomic E-state index is 0.00490. The number of ether oxygens (including phenoxy) is 1. The Bertz CT molecular complexity index is 442. The molecule has 1 amide bonds. The average Bonchev–Trinajstić information content (AvgIpc) is 2.33. The van der Waals surface area contributed by atoms with Crippen LogP contribution in [0.3, 0.4) is 0 Å². The standard InChI is InChI=1S/C15H24N2O2/c1-10(2)16-7-6-15(18)17-13-8-11(3)12(4)9-14(13)19-5/h8-10,16H,6-7H2,1-5H3,(H,17,18). The Morgan fingerprint density at radius 3 is 2.47 bits per heavy atom. The van der Waals surface area contributed by atoms with Crippen molar-refractivity contribution >= 4 is 11.6 Å². The fraction of sp³-hybridized carbons (Fsp3) is 0.533. The number of hydrogen-bond acceptors (Lipinski definition) is 3. The average molecular weight is 264 g/mol. The van der Waals surface area contributed by atoms with Crippen molar-refractivity contribution in [3.63, 3.8) is 0 Å². The highest BCUT2D eigenvalue weighted by Gasteiger charge is 2.09. The van der Waals surface area contributed by atoms with E-state index in [9.17, 15) is 4.79 Å². The van der Waals surface area contributed by atoms with Gasteiger partial charge in [0.1, 0.15) is 5.75 Å². The molecule has 0 aliphatic heterocycles. The summed E-state index contributed by atoms with van der Waals surface area (Å²) in [6, 6.07) is 4.28. The minimum atomic E-state index is -0.00490. The van der Waals surface area contributed by atoms with Crippen LogP contribution in [0.4, 0.5) is 5.69 Å². The van der Waals surface area contributed by atoms with Gasteiger partial charge in [-0.1, -0.05) is 13.8 Å². The number of nitrogens with one attached hydrogen (secondary N) is 2. The predicted molar refractivity (Wildman–Crippen MR) is 78.9 cm³/mol. The maximum absolute atomic E-state index is 11.9. The summed E-state index contributed by atoms with van der Waals surface area (Å²) in [5.41, 5.74) is 3.02. The van der Waals surface area contributed by atoms with Crippen molar-refractivity contribution in [1.82, 2.24) is 5.32 Å². The maximum Gasteiger partial charge on any atom is 0.225 e. The molecular weight excluding hydrogens is 240 g/mol. The van der Waals surface area contributed by atoms with Crippen molar-refractivity contribution in [1.29, 1.82) is 0 Å². The van der Waals surface area contributed by atoms with Gasteiger partial charge in [0.05, 0.1) is 12.8 Å². The third-order valence-corrected chi connectivity index (χ3v) is 2.99. The van der Waals surface area contributed by atoms with Gasteiger partial charge in [0, 0.05) is 19.0 Å². The molecule has 4 heteroatoms. The number of carbonyl (C=O) groups is 1. The molecule has 2 N–H and O–H groups in total. The second kappa shape index (κ2) is 7.14. The van der Waals surface area contributed by atoms with Crippen molar-refractivity contribution in [2.45, 2.75) is 40.2 Å². The van der Waals surface area contributed by atoms with E-state index >= 15 is 0 Å². The monoisotopic (exact) mass is 264 g/mol. The van der Waals surface area contributed by atoms with Gasteiger partial charge in [-0.3, -0.25) is 4.79 Å². The lowest BCUT2D eigenvalue weighted by molar-refractivity contribution is -0.116. The third kappa shape index (κ3) is 4.91. The number of hydrogen-bond donors (Lipinski definition) is 2. The summed E-state index contributed by atoms with van der Waals surface area (Å²) in [5.74, 6) is 0.697. The molecule has 0 unspecified atom stereocenters. The molecule has 0 aliphatic rings. The van der Waals surface area contributed by atoms with Crippen LogP contribution < -0.4 is 15.4 Å². The highest BCUT2D eigenvalue weighted by molar-refractivity contribution is 5.92. The molecular formula is C15H24N2O2. The van der Waals surface area contributed by atoms with Gasteiger partial charge in [-0.25, -0.2) is 0 Å². The van der Waals surface area contributed by atoms with E-state index in [-0.39, 0.29) is 5.91 Å². The zero-order valence-electron chi connectivity index (χ0n) is 12.5. The molecule has 0 heterocycles. The molecule has 1 aromatic carbocycles. The van der Waals surface area contributed by atoms with Gasteiger partial charge in [0.2, 0.25) is 5.91 Å². The molecule has 0 aromatic heterocycles. The quantitative estimate of drug-likeness (QED) is 0.830. The van der Waals surface area contributed by atoms with Crippen LogP contribution in [-0.2, 0) is 4.79 Å². The number of anilines is 1. The number of rotatable bonds is 6. The summed E-state index contributed by atoms with van der Waals surface area (Å²) in [7, 11) is 1.61. The van der Waals surface area contributed by atoms with E-state index in [4.69, 9.17) is 4.74 Å². The number of benzene rings is 1. The Morgan fingerprint density at radius 1 is 1.26 bits per heavy atom. The zero-order valence-corrected chi connectivity index (χ0v) is 12.5. The van der Waals surface area contributed by atoms with E-state index < -0.39 is 0 Å². The van der Waals surface area contributed by atoms with Crippen LogP contribution >= 0.6 is 0 Å². The van der Waals surface area contributed by atoms with Gasteiger partial charge >= 0.3 is 0 Å². The molecule has 4 nitrogen and oxygen atoms in total. The van der Waals surface area contributed by atoms with Crippen LogP contribution in [0.5, 0.6) is 5.75 Å². The molecule has 0 atom stereocenters. The molecule has 0 saturated heterocycles. The van der Waals surface area contributed by atoms with Crippen LogP contribution in [0.2, 0.25) is 0 Å². The van der Waals surface area contributed by atoms with Crippen molar-refractivity contribution in [2.24, 2.45) is 0 Å². The highest BCUT2D eigenvalue weighted by atomic mass is 16.5. The molecule has 0 aliphatic carbocycles. The van der Waals surface area contributed by atoms with E-state index in [2.05, 4.69) is 24.5 Å². The van der Waals surface area contributed by atoms with Crippen LogP contribution in [0.15, 0.2) is 12.1 Å². The summed E-state index contributed by atoms with van der Waals surface area (Å²) in [6.07, 6.45) is 0.453. The van der Waals surface area contributed by atoms with E-state index in [1.807, 2.05) is 26.0 Å². The fourth-order valence-corrected chi connectivity index (χ4v) is 1.74. The number of methoxy groups -OCH3 is 1. The van der Waals surface area contributed by atoms with E-state index in [1.54, 1.807) is 7.11 Å². The smallest absolute Gasteiger partial charge is 0.225 e. The lowest BCUT2D eigenvalue weighted by atomic mass is 10.1. The van der Waals surface area contributed by atoms with Crippen LogP contribution in [-0.4, -0.2) is 25.6 Å². The van der Waals surface area contributed by atoms with Crippen LogP contribution in [0.25, 0.3) is 0 Å². The van der Waals surface area contributed by atoms with Gasteiger partial charge in [-0.15, -0.1) is 0 Å². The number of carbonyl (C=O) groups excluding carboxylic acids is 1. The first-order valence-corrected chi connectivity index (χ1v) is 6.62. The lowest BCUT2D eigenvalue weighted by Crippen LogP contribution is -2.27. The molecule has 1 rings (SSSR count). The molecule has 19 heavy (non-hydrogen) atoms. The molecule has 0 fully saturated rings. The Labute approximate surface area is 115 Å². The first-order chi connectivity index (χ1) is 8.93. The Hall–Kier alpha value is -1.55. The van der Waals surface area contributed by atoms with Crippen molar-refractivity contribution in [2.75, 3.05) is 19.0 Å². The van der Waals surface area contributed by atoms with Gasteiger partial charge in [-0.2, -0.15) is 0 Å². The molecule has 0 bridgehead atoms. The second-order valence-corrected chi connectivity index (χ2v) is 5.04. The van der Waals surface area contributed by atoms with Crippen LogP contribution in [0, 0.1) is 13.8 Å². The SMILES string of the molecule is COc1cc(C)c(C)cc1NC(=O)CCNC(C)C. The Morgan fingerprint density at radius 2 is 1.89 bits per heavy atom. The summed E-state index contributed by atoms with van der Waals surface area (Å²) in [6.45, 7) is 8.84. The Kier molecular flexibility index (Phi) is 5.83. The van der Waals surface area contributed by atoms with Gasteiger partial charge < -0.3 is 15.4 Å². The molecule has 106 valence electrons. The summed E-state index contributed by atoms with van der Waals surface area (Å²) in [4.78, 5) is 11.9. The molecule has 0 spiro atoms. The largest absolute Gasteiger partial charge is 0.495 e. The summed E-state index contributed by atoms with van der Waals surface area (Å²) < 4.78 is 5.29. The third-order valence-electron chi connectivity index (χ3n) is 2.99. The predicted octanol–water partition coefficient (Wildman–Crippen LogP) is 2.64. The van der Waals surface area contributed by atoms with E-state index in [0.717, 1.165) is 16.8 Å². The normalized spacial score (nSPS) is 10.6. The maximum atomic E-state index is 11.9.